The van der Waals surface area contributed by atoms with Gasteiger partial charge in [-0.25, -0.2) is 9.07 Å². The van der Waals surface area contributed by atoms with Gasteiger partial charge >= 0.3 is 0 Å². The van der Waals surface area contributed by atoms with Crippen molar-refractivity contribution in [2.45, 2.75) is 12.8 Å². The van der Waals surface area contributed by atoms with Crippen molar-refractivity contribution in [2.75, 3.05) is 37.1 Å². The summed E-state index contributed by atoms with van der Waals surface area (Å²) in [6.45, 7) is 0.869. The molecule has 0 unspecified atom stereocenters. The van der Waals surface area contributed by atoms with E-state index in [-0.39, 0.29) is 35.3 Å². The molecule has 11 heteroatoms. The Bertz CT molecular complexity index is 1380. The summed E-state index contributed by atoms with van der Waals surface area (Å²) in [6, 6.07) is 9.29. The molecule has 0 saturated carbocycles. The summed E-state index contributed by atoms with van der Waals surface area (Å²) in [5, 5.41) is 4.26. The molecular weight excluding hydrogens is 457 g/mol. The molecule has 2 aliphatic rings. The number of amides is 3. The Kier molecular flexibility index (Phi) is 5.39. The van der Waals surface area contributed by atoms with Gasteiger partial charge in [-0.2, -0.15) is 5.10 Å². The number of aromatic nitrogens is 2. The summed E-state index contributed by atoms with van der Waals surface area (Å²) in [5.74, 6) is -1.41. The number of ether oxygens (including phenoxy) is 2. The zero-order valence-electron chi connectivity index (χ0n) is 19.1. The number of carbonyl (C=O) groups excluding carboxylic acids is 3. The molecule has 35 heavy (non-hydrogen) atoms. The van der Waals surface area contributed by atoms with Crippen LogP contribution in [0.25, 0.3) is 5.69 Å². The molecule has 0 radical (unpaired) electrons. The number of β-lactam (4-membered cyclic amide) rings is 1. The van der Waals surface area contributed by atoms with Crippen LogP contribution in [0.1, 0.15) is 33.0 Å². The van der Waals surface area contributed by atoms with Crippen LogP contribution in [0, 0.1) is 5.82 Å². The second kappa shape index (κ2) is 8.42. The molecule has 0 spiro atoms. The first kappa shape index (κ1) is 22.4. The molecule has 0 bridgehead atoms. The van der Waals surface area contributed by atoms with E-state index in [1.807, 2.05) is 0 Å². The average Bonchev–Trinajstić information content (AvgIpc) is 3.24. The van der Waals surface area contributed by atoms with Gasteiger partial charge in [0.05, 0.1) is 25.6 Å². The van der Waals surface area contributed by atoms with Gasteiger partial charge in [-0.15, -0.1) is 0 Å². The Morgan fingerprint density at radius 1 is 0.971 bits per heavy atom. The lowest BCUT2D eigenvalue weighted by Gasteiger charge is -2.33. The number of nitrogens with two attached hydrogens (primary N) is 1. The molecule has 2 aliphatic heterocycles. The van der Waals surface area contributed by atoms with Gasteiger partial charge in [0.25, 0.3) is 11.8 Å². The lowest BCUT2D eigenvalue weighted by Crippen LogP contribution is -2.43. The molecule has 3 heterocycles. The molecule has 2 N–H and O–H groups in total. The maximum atomic E-state index is 14.4. The third-order valence-corrected chi connectivity index (χ3v) is 6.25. The van der Waals surface area contributed by atoms with Gasteiger partial charge in [0.2, 0.25) is 5.91 Å². The molecule has 3 aromatic rings. The van der Waals surface area contributed by atoms with Crippen LogP contribution in [-0.2, 0) is 11.2 Å². The fraction of sp³-hybridized carbons (Fsp3) is 0.250. The van der Waals surface area contributed by atoms with E-state index in [0.29, 0.717) is 42.1 Å². The van der Waals surface area contributed by atoms with Gasteiger partial charge in [0.1, 0.15) is 11.4 Å². The predicted octanol–water partition coefficient (Wildman–Crippen LogP) is 2.07. The number of primary amides is 1. The van der Waals surface area contributed by atoms with E-state index in [2.05, 4.69) is 5.10 Å². The number of benzene rings is 2. The molecule has 0 atom stereocenters. The van der Waals surface area contributed by atoms with E-state index in [1.54, 1.807) is 23.1 Å². The summed E-state index contributed by atoms with van der Waals surface area (Å²) in [7, 11) is 2.83. The van der Waals surface area contributed by atoms with Crippen LogP contribution < -0.4 is 25.0 Å². The van der Waals surface area contributed by atoms with Crippen LogP contribution in [0.4, 0.5) is 15.8 Å². The summed E-state index contributed by atoms with van der Waals surface area (Å²) in [6.07, 6.45) is 0.795. The zero-order valence-corrected chi connectivity index (χ0v) is 19.1. The Labute approximate surface area is 199 Å². The van der Waals surface area contributed by atoms with Crippen LogP contribution in [-0.4, -0.2) is 54.8 Å². The number of halogens is 1. The minimum absolute atomic E-state index is 0.0214. The normalized spacial score (nSPS) is 15.1. The second-order valence-corrected chi connectivity index (χ2v) is 8.13. The Morgan fingerprint density at radius 3 is 2.29 bits per heavy atom. The summed E-state index contributed by atoms with van der Waals surface area (Å²) < 4.78 is 26.2. The standard InChI is InChI=1S/C24H22FN5O5/c1-34-18-6-4-14(11-16(18)25)30-22-15(21(27-30)23(26)32)7-9-29(24(22)33)17-5-3-13(12-19(17)35-2)28-10-8-20(28)31/h3-6,11-12H,7-10H2,1-2H3,(H2,26,32). The number of hydrogen-bond acceptors (Lipinski definition) is 6. The van der Waals surface area contributed by atoms with E-state index in [4.69, 9.17) is 15.2 Å². The fourth-order valence-corrected chi connectivity index (χ4v) is 4.41. The highest BCUT2D eigenvalue weighted by Gasteiger charge is 2.36. The number of methoxy groups -OCH3 is 2. The number of nitrogens with zero attached hydrogens (tertiary/aromatic N) is 4. The van der Waals surface area contributed by atoms with Gasteiger partial charge in [-0.05, 0) is 30.7 Å². The first-order valence-electron chi connectivity index (χ1n) is 10.9. The topological polar surface area (TPSA) is 120 Å². The predicted molar refractivity (Wildman–Crippen MR) is 124 cm³/mol. The lowest BCUT2D eigenvalue weighted by molar-refractivity contribution is -0.122. The van der Waals surface area contributed by atoms with Gasteiger partial charge in [-0.3, -0.25) is 14.4 Å². The number of hydrogen-bond donors (Lipinski definition) is 1. The quantitative estimate of drug-likeness (QED) is 0.541. The number of anilines is 2. The van der Waals surface area contributed by atoms with E-state index in [0.717, 1.165) is 0 Å². The molecule has 1 fully saturated rings. The Balaban J connectivity index is 1.58. The maximum Gasteiger partial charge on any atom is 0.277 e. The van der Waals surface area contributed by atoms with Crippen LogP contribution in [0.2, 0.25) is 0 Å². The highest BCUT2D eigenvalue weighted by molar-refractivity contribution is 6.10. The molecule has 10 nitrogen and oxygen atoms in total. The number of rotatable bonds is 6. The number of fused-ring (bicyclic) bond motifs is 1. The summed E-state index contributed by atoms with van der Waals surface area (Å²) >= 11 is 0. The average molecular weight is 479 g/mol. The maximum absolute atomic E-state index is 14.4. The molecule has 1 saturated heterocycles. The van der Waals surface area contributed by atoms with Crippen molar-refractivity contribution in [3.8, 4) is 17.2 Å². The van der Waals surface area contributed by atoms with Crippen LogP contribution >= 0.6 is 0 Å². The molecule has 2 aromatic carbocycles. The highest BCUT2D eigenvalue weighted by Crippen LogP contribution is 2.37. The second-order valence-electron chi connectivity index (χ2n) is 8.13. The number of carbonyl (C=O) groups is 3. The molecule has 0 aliphatic carbocycles. The van der Waals surface area contributed by atoms with E-state index in [1.165, 1.54) is 42.0 Å². The van der Waals surface area contributed by atoms with E-state index < -0.39 is 17.6 Å². The highest BCUT2D eigenvalue weighted by atomic mass is 19.1. The third kappa shape index (κ3) is 3.56. The first-order valence-corrected chi connectivity index (χ1v) is 10.9. The van der Waals surface area contributed by atoms with E-state index in [9.17, 15) is 18.8 Å². The molecular formula is C24H22FN5O5. The van der Waals surface area contributed by atoms with Crippen molar-refractivity contribution in [3.63, 3.8) is 0 Å². The van der Waals surface area contributed by atoms with Gasteiger partial charge < -0.3 is 25.0 Å². The Morgan fingerprint density at radius 2 is 1.69 bits per heavy atom. The largest absolute Gasteiger partial charge is 0.494 e. The van der Waals surface area contributed by atoms with E-state index >= 15 is 0 Å². The van der Waals surface area contributed by atoms with Crippen molar-refractivity contribution in [1.82, 2.24) is 9.78 Å². The zero-order chi connectivity index (χ0) is 24.9. The first-order chi connectivity index (χ1) is 16.8. The minimum atomic E-state index is -0.781. The minimum Gasteiger partial charge on any atom is -0.494 e. The molecule has 5 rings (SSSR count). The van der Waals surface area contributed by atoms with Gasteiger partial charge in [0, 0.05) is 42.9 Å². The SMILES string of the molecule is COc1ccc(-n2nc(C(N)=O)c3c2C(=O)N(c2ccc(N4CCC4=O)cc2OC)CC3)cc1F. The van der Waals surface area contributed by atoms with Gasteiger partial charge in [-0.1, -0.05) is 0 Å². The summed E-state index contributed by atoms with van der Waals surface area (Å²) in [4.78, 5) is 40.8. The van der Waals surface area contributed by atoms with Crippen molar-refractivity contribution in [3.05, 3.63) is 59.2 Å². The van der Waals surface area contributed by atoms with Crippen LogP contribution in [0.15, 0.2) is 36.4 Å². The molecule has 3 amide bonds. The van der Waals surface area contributed by atoms with Crippen molar-refractivity contribution in [1.29, 1.82) is 0 Å². The third-order valence-electron chi connectivity index (χ3n) is 6.25. The van der Waals surface area contributed by atoms with Crippen molar-refractivity contribution >= 4 is 29.1 Å². The van der Waals surface area contributed by atoms with Gasteiger partial charge in [0.15, 0.2) is 17.3 Å². The molecule has 1 aromatic heterocycles. The lowest BCUT2D eigenvalue weighted by atomic mass is 10.0. The fourth-order valence-electron chi connectivity index (χ4n) is 4.41. The van der Waals surface area contributed by atoms with Crippen molar-refractivity contribution in [2.24, 2.45) is 5.73 Å². The summed E-state index contributed by atoms with van der Waals surface area (Å²) in [5.41, 5.74) is 7.41. The smallest absolute Gasteiger partial charge is 0.277 e. The van der Waals surface area contributed by atoms with Crippen molar-refractivity contribution < 1.29 is 28.2 Å². The van der Waals surface area contributed by atoms with Crippen LogP contribution in [0.5, 0.6) is 11.5 Å². The monoisotopic (exact) mass is 479 g/mol. The molecule has 180 valence electrons. The Hall–Kier alpha value is -4.41. The van der Waals surface area contributed by atoms with Crippen LogP contribution in [0.3, 0.4) is 0 Å².